The molecule has 0 aliphatic carbocycles. The molecule has 2 atom stereocenters. The minimum Gasteiger partial charge on any atom is -0.352 e. The second-order valence-corrected chi connectivity index (χ2v) is 7.30. The van der Waals surface area contributed by atoms with Crippen molar-refractivity contribution in [3.8, 4) is 5.69 Å². The maximum Gasteiger partial charge on any atom is 0.170 e. The highest BCUT2D eigenvalue weighted by molar-refractivity contribution is 7.80. The third-order valence-corrected chi connectivity index (χ3v) is 5.19. The first-order valence-electron chi connectivity index (χ1n) is 8.99. The fourth-order valence-corrected chi connectivity index (χ4v) is 4.19. The normalized spacial score (nSPS) is 19.6. The van der Waals surface area contributed by atoms with Crippen LogP contribution in [0, 0.1) is 5.82 Å². The molecule has 1 aliphatic heterocycles. The number of hydrogen-bond acceptors (Lipinski definition) is 2. The van der Waals surface area contributed by atoms with Crippen molar-refractivity contribution < 1.29 is 4.39 Å². The van der Waals surface area contributed by atoms with Crippen molar-refractivity contribution in [2.45, 2.75) is 32.0 Å². The molecule has 3 heterocycles. The van der Waals surface area contributed by atoms with Crippen molar-refractivity contribution in [3.63, 3.8) is 0 Å². The van der Waals surface area contributed by atoms with Crippen LogP contribution in [0.3, 0.4) is 0 Å². The van der Waals surface area contributed by atoms with E-state index in [0.29, 0.717) is 5.11 Å². The summed E-state index contributed by atoms with van der Waals surface area (Å²) in [6, 6.07) is 16.6. The van der Waals surface area contributed by atoms with Crippen molar-refractivity contribution in [1.29, 1.82) is 0 Å². The van der Waals surface area contributed by atoms with Crippen LogP contribution in [0.4, 0.5) is 4.39 Å². The summed E-state index contributed by atoms with van der Waals surface area (Å²) in [5.74, 6) is -0.255. The third-order valence-electron chi connectivity index (χ3n) is 4.86. The average Bonchev–Trinajstić information content (AvgIpc) is 3.26. The molecule has 0 unspecified atom stereocenters. The molecule has 1 fully saturated rings. The van der Waals surface area contributed by atoms with Crippen molar-refractivity contribution in [3.05, 3.63) is 84.2 Å². The Kier molecular flexibility index (Phi) is 4.66. The monoisotopic (exact) mass is 380 g/mol. The Morgan fingerprint density at radius 3 is 2.67 bits per heavy atom. The summed E-state index contributed by atoms with van der Waals surface area (Å²) in [4.78, 5) is 6.74. The fraction of sp³-hybridized carbons (Fsp3) is 0.238. The van der Waals surface area contributed by atoms with Gasteiger partial charge in [-0.2, -0.15) is 0 Å². The van der Waals surface area contributed by atoms with Crippen LogP contribution >= 0.6 is 12.2 Å². The number of nitrogens with one attached hydrogen (secondary N) is 1. The van der Waals surface area contributed by atoms with Gasteiger partial charge in [-0.25, -0.2) is 4.39 Å². The number of aromatic nitrogens is 2. The average molecular weight is 380 g/mol. The van der Waals surface area contributed by atoms with E-state index in [1.54, 1.807) is 18.3 Å². The molecular weight excluding hydrogens is 359 g/mol. The van der Waals surface area contributed by atoms with Crippen molar-refractivity contribution >= 4 is 17.3 Å². The molecule has 4 rings (SSSR count). The lowest BCUT2D eigenvalue weighted by molar-refractivity contribution is 0.262. The van der Waals surface area contributed by atoms with E-state index < -0.39 is 0 Å². The lowest BCUT2D eigenvalue weighted by Gasteiger charge is -2.31. The van der Waals surface area contributed by atoms with Gasteiger partial charge in [-0.1, -0.05) is 12.1 Å². The number of nitrogens with zero attached hydrogens (tertiary/aromatic N) is 3. The summed E-state index contributed by atoms with van der Waals surface area (Å²) in [5, 5.41) is 4.14. The van der Waals surface area contributed by atoms with Crippen molar-refractivity contribution in [1.82, 2.24) is 19.8 Å². The van der Waals surface area contributed by atoms with Gasteiger partial charge >= 0.3 is 0 Å². The number of hydrogen-bond donors (Lipinski definition) is 1. The standard InChI is InChI=1S/C21H21FN4S/c1-14(2)26-20(19(24-21(26)27)17-9-3-4-11-23-17)18-10-6-12-25(18)16-8-5-7-15(22)13-16/h3-14,19-20H,1-2H3,(H,24,27)/t19-,20-/m0/s1. The predicted molar refractivity (Wildman–Crippen MR) is 108 cm³/mol. The van der Waals surface area contributed by atoms with E-state index in [1.165, 1.54) is 6.07 Å². The second kappa shape index (κ2) is 7.12. The number of rotatable bonds is 4. The highest BCUT2D eigenvalue weighted by atomic mass is 32.1. The highest BCUT2D eigenvalue weighted by Gasteiger charge is 2.42. The van der Waals surface area contributed by atoms with E-state index >= 15 is 0 Å². The molecule has 1 aromatic carbocycles. The van der Waals surface area contributed by atoms with E-state index in [-0.39, 0.29) is 23.9 Å². The topological polar surface area (TPSA) is 33.1 Å². The molecule has 2 aromatic heterocycles. The Morgan fingerprint density at radius 2 is 1.96 bits per heavy atom. The molecular formula is C21H21FN4S. The number of benzene rings is 1. The fourth-order valence-electron chi connectivity index (χ4n) is 3.73. The molecule has 1 aliphatic rings. The summed E-state index contributed by atoms with van der Waals surface area (Å²) in [6.07, 6.45) is 3.75. The lowest BCUT2D eigenvalue weighted by atomic mass is 10.0. The van der Waals surface area contributed by atoms with Gasteiger partial charge in [-0.15, -0.1) is 0 Å². The minimum atomic E-state index is -0.255. The molecule has 3 aromatic rings. The summed E-state index contributed by atoms with van der Waals surface area (Å²) in [6.45, 7) is 4.24. The molecule has 4 nitrogen and oxygen atoms in total. The van der Waals surface area contributed by atoms with Crippen LogP contribution in [0.5, 0.6) is 0 Å². The van der Waals surface area contributed by atoms with Crippen molar-refractivity contribution in [2.75, 3.05) is 0 Å². The molecule has 1 N–H and O–H groups in total. The van der Waals surface area contributed by atoms with E-state index in [9.17, 15) is 4.39 Å². The Bertz CT molecular complexity index is 954. The highest BCUT2D eigenvalue weighted by Crippen LogP contribution is 2.40. The summed E-state index contributed by atoms with van der Waals surface area (Å²) in [5.41, 5.74) is 2.76. The number of halogens is 1. The van der Waals surface area contributed by atoms with Crippen LogP contribution in [0.25, 0.3) is 5.69 Å². The first-order valence-corrected chi connectivity index (χ1v) is 9.40. The van der Waals surface area contributed by atoms with Gasteiger partial charge in [0, 0.05) is 29.8 Å². The molecule has 6 heteroatoms. The van der Waals surface area contributed by atoms with E-state index in [4.69, 9.17) is 12.2 Å². The third kappa shape index (κ3) is 3.21. The van der Waals surface area contributed by atoms with Crippen molar-refractivity contribution in [2.24, 2.45) is 0 Å². The summed E-state index contributed by atoms with van der Waals surface area (Å²) in [7, 11) is 0. The zero-order valence-corrected chi connectivity index (χ0v) is 16.0. The van der Waals surface area contributed by atoms with Crippen LogP contribution in [-0.4, -0.2) is 25.6 Å². The largest absolute Gasteiger partial charge is 0.352 e. The van der Waals surface area contributed by atoms with E-state index in [0.717, 1.165) is 17.1 Å². The summed E-state index contributed by atoms with van der Waals surface area (Å²) < 4.78 is 15.8. The number of pyridine rings is 1. The van der Waals surface area contributed by atoms with Gasteiger partial charge in [0.05, 0.1) is 17.8 Å². The van der Waals surface area contributed by atoms with Crippen LogP contribution < -0.4 is 5.32 Å². The first kappa shape index (κ1) is 17.7. The molecule has 0 spiro atoms. The zero-order valence-electron chi connectivity index (χ0n) is 15.2. The maximum absolute atomic E-state index is 13.8. The van der Waals surface area contributed by atoms with Crippen LogP contribution in [-0.2, 0) is 0 Å². The van der Waals surface area contributed by atoms with Crippen LogP contribution in [0.15, 0.2) is 67.0 Å². The van der Waals surface area contributed by atoms with E-state index in [2.05, 4.69) is 35.1 Å². The Hall–Kier alpha value is -2.73. The van der Waals surface area contributed by atoms with E-state index in [1.807, 2.05) is 41.1 Å². The molecule has 1 saturated heterocycles. The Labute approximate surface area is 163 Å². The molecule has 0 saturated carbocycles. The van der Waals surface area contributed by atoms with Gasteiger partial charge in [0.1, 0.15) is 5.82 Å². The van der Waals surface area contributed by atoms with Gasteiger partial charge in [0.25, 0.3) is 0 Å². The predicted octanol–water partition coefficient (Wildman–Crippen LogP) is 4.39. The Morgan fingerprint density at radius 1 is 1.11 bits per heavy atom. The molecule has 0 bridgehead atoms. The maximum atomic E-state index is 13.8. The minimum absolute atomic E-state index is 0.0503. The molecule has 138 valence electrons. The lowest BCUT2D eigenvalue weighted by Crippen LogP contribution is -2.36. The SMILES string of the molecule is CC(C)N1C(=S)N[C@@H](c2ccccn2)[C@@H]1c1cccn1-c1cccc(F)c1. The van der Waals surface area contributed by atoms with Gasteiger partial charge in [-0.05, 0) is 68.5 Å². The van der Waals surface area contributed by atoms with Gasteiger partial charge in [-0.3, -0.25) is 4.98 Å². The molecule has 0 radical (unpaired) electrons. The second-order valence-electron chi connectivity index (χ2n) is 6.91. The zero-order chi connectivity index (χ0) is 19.0. The molecule has 0 amide bonds. The van der Waals surface area contributed by atoms with Crippen LogP contribution in [0.1, 0.15) is 37.3 Å². The molecule has 27 heavy (non-hydrogen) atoms. The Balaban J connectivity index is 1.84. The van der Waals surface area contributed by atoms with Gasteiger partial charge < -0.3 is 14.8 Å². The van der Waals surface area contributed by atoms with Gasteiger partial charge in [0.2, 0.25) is 0 Å². The quantitative estimate of drug-likeness (QED) is 0.681. The van der Waals surface area contributed by atoms with Crippen LogP contribution in [0.2, 0.25) is 0 Å². The smallest absolute Gasteiger partial charge is 0.170 e. The number of thiocarbonyl (C=S) groups is 1. The summed E-state index contributed by atoms with van der Waals surface area (Å²) >= 11 is 5.64. The first-order chi connectivity index (χ1) is 13.1. The van der Waals surface area contributed by atoms with Gasteiger partial charge in [0.15, 0.2) is 5.11 Å².